The Bertz CT molecular complexity index is 367. The van der Waals surface area contributed by atoms with Crippen molar-refractivity contribution in [2.24, 2.45) is 5.73 Å². The fourth-order valence-electron chi connectivity index (χ4n) is 1.09. The van der Waals surface area contributed by atoms with Crippen LogP contribution in [0.4, 0.5) is 0 Å². The van der Waals surface area contributed by atoms with Gasteiger partial charge in [-0.15, -0.1) is 0 Å². The number of carbonyl (C=O) groups is 2. The molecule has 0 radical (unpaired) electrons. The summed E-state index contributed by atoms with van der Waals surface area (Å²) in [5.41, 5.74) is 6.06. The van der Waals surface area contributed by atoms with E-state index in [2.05, 4.69) is 10.3 Å². The summed E-state index contributed by atoms with van der Waals surface area (Å²) in [5, 5.41) is 11.0. The summed E-state index contributed by atoms with van der Waals surface area (Å²) >= 11 is 0. The molecule has 0 spiro atoms. The predicted molar refractivity (Wildman–Crippen MR) is 56.3 cm³/mol. The van der Waals surface area contributed by atoms with Gasteiger partial charge in [-0.3, -0.25) is 14.6 Å². The lowest BCUT2D eigenvalue weighted by atomic mass is 10.2. The van der Waals surface area contributed by atoms with Crippen LogP contribution >= 0.6 is 0 Å². The average Bonchev–Trinajstić information content (AvgIpc) is 2.26. The largest absolute Gasteiger partial charge is 0.481 e. The van der Waals surface area contributed by atoms with Gasteiger partial charge in [0.15, 0.2) is 0 Å². The van der Waals surface area contributed by atoms with E-state index in [0.29, 0.717) is 5.69 Å². The Morgan fingerprint density at radius 1 is 1.50 bits per heavy atom. The van der Waals surface area contributed by atoms with E-state index in [9.17, 15) is 9.59 Å². The van der Waals surface area contributed by atoms with Gasteiger partial charge in [-0.05, 0) is 12.1 Å². The predicted octanol–water partition coefficient (Wildman–Crippen LogP) is -0.500. The summed E-state index contributed by atoms with van der Waals surface area (Å²) in [6, 6.07) is 4.29. The van der Waals surface area contributed by atoms with Gasteiger partial charge in [0.1, 0.15) is 0 Å². The Hall–Kier alpha value is -1.95. The van der Waals surface area contributed by atoms with Crippen LogP contribution in [0.1, 0.15) is 12.1 Å². The maximum Gasteiger partial charge on any atom is 0.305 e. The van der Waals surface area contributed by atoms with Gasteiger partial charge < -0.3 is 16.2 Å². The third-order valence-electron chi connectivity index (χ3n) is 1.90. The molecule has 1 amide bonds. The molecule has 0 fully saturated rings. The van der Waals surface area contributed by atoms with Gasteiger partial charge in [0, 0.05) is 6.20 Å². The maximum atomic E-state index is 11.3. The number of pyridine rings is 1. The number of aliphatic carboxylic acids is 1. The molecule has 1 aromatic heterocycles. The maximum absolute atomic E-state index is 11.3. The molecule has 1 heterocycles. The molecule has 0 aliphatic rings. The molecule has 0 aromatic carbocycles. The third kappa shape index (κ3) is 4.05. The molecule has 16 heavy (non-hydrogen) atoms. The number of aromatic nitrogens is 1. The topological polar surface area (TPSA) is 105 Å². The van der Waals surface area contributed by atoms with Crippen LogP contribution in [-0.4, -0.2) is 28.0 Å². The van der Waals surface area contributed by atoms with Crippen LogP contribution in [0.5, 0.6) is 0 Å². The Labute approximate surface area is 92.5 Å². The van der Waals surface area contributed by atoms with Crippen molar-refractivity contribution in [1.29, 1.82) is 0 Å². The summed E-state index contributed by atoms with van der Waals surface area (Å²) in [7, 11) is 0. The Kier molecular flexibility index (Phi) is 4.41. The minimum absolute atomic E-state index is 0.243. The molecule has 0 saturated heterocycles. The molecule has 6 heteroatoms. The summed E-state index contributed by atoms with van der Waals surface area (Å²) in [5.74, 6) is -1.59. The first-order valence-electron chi connectivity index (χ1n) is 4.74. The molecule has 1 aromatic rings. The molecule has 0 unspecified atom stereocenters. The molecule has 4 N–H and O–H groups in total. The van der Waals surface area contributed by atoms with Crippen molar-refractivity contribution in [1.82, 2.24) is 10.3 Å². The van der Waals surface area contributed by atoms with Crippen LogP contribution < -0.4 is 11.1 Å². The first-order chi connectivity index (χ1) is 7.59. The van der Waals surface area contributed by atoms with E-state index in [-0.39, 0.29) is 13.0 Å². The highest BCUT2D eigenvalue weighted by Crippen LogP contribution is 1.94. The number of nitrogens with two attached hydrogens (primary N) is 1. The fraction of sp³-hybridized carbons (Fsp3) is 0.300. The monoisotopic (exact) mass is 223 g/mol. The standard InChI is InChI=1S/C10H13N3O3/c11-8(5-9(14)15)10(16)13-6-7-3-1-2-4-12-7/h1-4,8H,5-6,11H2,(H,13,16)(H,14,15)/t8-/m0/s1. The lowest BCUT2D eigenvalue weighted by Gasteiger charge is -2.09. The molecule has 0 bridgehead atoms. The van der Waals surface area contributed by atoms with Gasteiger partial charge in [0.2, 0.25) is 5.91 Å². The number of amides is 1. The number of hydrogen-bond acceptors (Lipinski definition) is 4. The van der Waals surface area contributed by atoms with E-state index in [4.69, 9.17) is 10.8 Å². The molecule has 6 nitrogen and oxygen atoms in total. The highest BCUT2D eigenvalue weighted by molar-refractivity contribution is 5.85. The fourth-order valence-corrected chi connectivity index (χ4v) is 1.09. The van der Waals surface area contributed by atoms with Crippen molar-refractivity contribution >= 4 is 11.9 Å². The lowest BCUT2D eigenvalue weighted by molar-refractivity contribution is -0.139. The molecule has 1 atom stereocenters. The number of carboxylic acid groups (broad SMARTS) is 1. The lowest BCUT2D eigenvalue weighted by Crippen LogP contribution is -2.41. The highest BCUT2D eigenvalue weighted by atomic mass is 16.4. The van der Waals surface area contributed by atoms with E-state index in [1.807, 2.05) is 0 Å². The summed E-state index contributed by atoms with van der Waals surface area (Å²) in [6.45, 7) is 0.243. The van der Waals surface area contributed by atoms with Gasteiger partial charge in [-0.25, -0.2) is 0 Å². The molecule has 0 aliphatic carbocycles. The number of carboxylic acids is 1. The zero-order valence-electron chi connectivity index (χ0n) is 8.59. The van der Waals surface area contributed by atoms with Crippen LogP contribution in [0.3, 0.4) is 0 Å². The van der Waals surface area contributed by atoms with Gasteiger partial charge >= 0.3 is 5.97 Å². The second kappa shape index (κ2) is 5.82. The van der Waals surface area contributed by atoms with Crippen molar-refractivity contribution in [3.05, 3.63) is 30.1 Å². The Morgan fingerprint density at radius 3 is 2.81 bits per heavy atom. The minimum atomic E-state index is -1.10. The zero-order chi connectivity index (χ0) is 12.0. The normalized spacial score (nSPS) is 11.8. The minimum Gasteiger partial charge on any atom is -0.481 e. The number of hydrogen-bond donors (Lipinski definition) is 3. The van der Waals surface area contributed by atoms with Crippen molar-refractivity contribution in [2.45, 2.75) is 19.0 Å². The third-order valence-corrected chi connectivity index (χ3v) is 1.90. The quantitative estimate of drug-likeness (QED) is 0.624. The summed E-state index contributed by atoms with van der Waals surface area (Å²) in [6.07, 6.45) is 1.23. The Balaban J connectivity index is 2.38. The van der Waals surface area contributed by atoms with Crippen LogP contribution in [0.15, 0.2) is 24.4 Å². The van der Waals surface area contributed by atoms with E-state index in [1.165, 1.54) is 0 Å². The van der Waals surface area contributed by atoms with Crippen molar-refractivity contribution < 1.29 is 14.7 Å². The number of rotatable bonds is 5. The molecular formula is C10H13N3O3. The summed E-state index contributed by atoms with van der Waals surface area (Å²) < 4.78 is 0. The van der Waals surface area contributed by atoms with E-state index >= 15 is 0 Å². The SMILES string of the molecule is N[C@@H](CC(=O)O)C(=O)NCc1ccccn1. The smallest absolute Gasteiger partial charge is 0.305 e. The summed E-state index contributed by atoms with van der Waals surface area (Å²) in [4.78, 5) is 25.6. The molecule has 0 aliphatic heterocycles. The number of nitrogens with one attached hydrogen (secondary N) is 1. The first kappa shape index (κ1) is 12.1. The van der Waals surface area contributed by atoms with Gasteiger partial charge in [-0.1, -0.05) is 6.07 Å². The number of carbonyl (C=O) groups excluding carboxylic acids is 1. The van der Waals surface area contributed by atoms with Crippen LogP contribution in [0, 0.1) is 0 Å². The molecule has 1 rings (SSSR count). The average molecular weight is 223 g/mol. The molecule has 0 saturated carbocycles. The van der Waals surface area contributed by atoms with Crippen LogP contribution in [-0.2, 0) is 16.1 Å². The zero-order valence-corrected chi connectivity index (χ0v) is 8.59. The van der Waals surface area contributed by atoms with E-state index in [0.717, 1.165) is 0 Å². The molecule has 86 valence electrons. The van der Waals surface area contributed by atoms with Crippen molar-refractivity contribution in [3.8, 4) is 0 Å². The van der Waals surface area contributed by atoms with Crippen LogP contribution in [0.2, 0.25) is 0 Å². The molecular weight excluding hydrogens is 210 g/mol. The van der Waals surface area contributed by atoms with Gasteiger partial charge in [-0.2, -0.15) is 0 Å². The van der Waals surface area contributed by atoms with Crippen molar-refractivity contribution in [2.75, 3.05) is 0 Å². The van der Waals surface area contributed by atoms with Gasteiger partial charge in [0.05, 0.1) is 24.7 Å². The van der Waals surface area contributed by atoms with Crippen LogP contribution in [0.25, 0.3) is 0 Å². The van der Waals surface area contributed by atoms with E-state index < -0.39 is 17.9 Å². The highest BCUT2D eigenvalue weighted by Gasteiger charge is 2.16. The second-order valence-electron chi connectivity index (χ2n) is 3.24. The van der Waals surface area contributed by atoms with Gasteiger partial charge in [0.25, 0.3) is 0 Å². The Morgan fingerprint density at radius 2 is 2.25 bits per heavy atom. The second-order valence-corrected chi connectivity index (χ2v) is 3.24. The first-order valence-corrected chi connectivity index (χ1v) is 4.74. The van der Waals surface area contributed by atoms with Crippen molar-refractivity contribution in [3.63, 3.8) is 0 Å². The van der Waals surface area contributed by atoms with E-state index in [1.54, 1.807) is 24.4 Å². The number of nitrogens with zero attached hydrogens (tertiary/aromatic N) is 1.